The number of aromatic nitrogens is 1. The molecule has 0 unspecified atom stereocenters. The van der Waals surface area contributed by atoms with Crippen molar-refractivity contribution in [1.29, 1.82) is 0 Å². The second kappa shape index (κ2) is 10.0. The normalized spacial score (nSPS) is 18.7. The Bertz CT molecular complexity index is 1270. The first kappa shape index (κ1) is 11.3. The molecule has 0 bridgehead atoms. The summed E-state index contributed by atoms with van der Waals surface area (Å²) < 4.78 is 74.5. The maximum atomic E-state index is 12.4. The summed E-state index contributed by atoms with van der Waals surface area (Å²) in [6, 6.07) is 4.96. The van der Waals surface area contributed by atoms with Gasteiger partial charge in [0.2, 0.25) is 5.91 Å². The number of nitrogens with two attached hydrogens (primary N) is 1. The van der Waals surface area contributed by atoms with Crippen LogP contribution in [0.15, 0.2) is 59.9 Å². The fraction of sp³-hybridized carbons (Fsp3) is 0.273. The molecule has 0 aliphatic rings. The zero-order chi connectivity index (χ0) is 27.8. The standard InChI is InChI=1S/C22H25N3O2S/c23-22-25-19(15-28-22)14-21(27)24-18-12-10-16(11-13-18)6-4-5-9-20(26)17-7-2-1-3-8-17/h1-3,7-8,10-13,15,20,26H,4-6,9,14H2,(H2,23,25)(H,24,27)/t20-/m0/s1/i4D2,9D2,10D,11D,12D,13D,20D. The van der Waals surface area contributed by atoms with Gasteiger partial charge in [-0.15, -0.1) is 11.3 Å². The summed E-state index contributed by atoms with van der Waals surface area (Å²) in [5.41, 5.74) is 5.14. The number of nitrogens with zero attached hydrogens (tertiary/aromatic N) is 1. The van der Waals surface area contributed by atoms with E-state index in [0.29, 0.717) is 5.69 Å². The number of carbonyl (C=O) groups excluding carboxylic acids is 1. The molecule has 6 heteroatoms. The van der Waals surface area contributed by atoms with Crippen LogP contribution < -0.4 is 11.1 Å². The highest BCUT2D eigenvalue weighted by atomic mass is 32.1. The van der Waals surface area contributed by atoms with E-state index >= 15 is 0 Å². The lowest BCUT2D eigenvalue weighted by molar-refractivity contribution is -0.115. The van der Waals surface area contributed by atoms with Crippen molar-refractivity contribution in [3.05, 3.63) is 76.7 Å². The van der Waals surface area contributed by atoms with Gasteiger partial charge in [0.25, 0.3) is 0 Å². The van der Waals surface area contributed by atoms with Crippen LogP contribution in [0.4, 0.5) is 10.8 Å². The second-order valence-electron chi connectivity index (χ2n) is 5.75. The van der Waals surface area contributed by atoms with Gasteiger partial charge in [0.05, 0.1) is 25.0 Å². The molecule has 0 aliphatic carbocycles. The second-order valence-corrected chi connectivity index (χ2v) is 6.64. The third-order valence-corrected chi connectivity index (χ3v) is 4.30. The average molecular weight is 405 g/mol. The van der Waals surface area contributed by atoms with E-state index in [1.165, 1.54) is 24.3 Å². The molecule has 0 saturated heterocycles. The van der Waals surface area contributed by atoms with E-state index in [4.69, 9.17) is 18.1 Å². The molecule has 3 rings (SSSR count). The van der Waals surface area contributed by atoms with Crippen LogP contribution in [0.1, 0.15) is 54.4 Å². The fourth-order valence-electron chi connectivity index (χ4n) is 2.27. The SMILES string of the molecule is [2H]c1c([2H])c(NC(=O)Cc2csc(N)n2)c([2H])c([2H])c1CC([2H])([2H])CC([2H])([2H])[C@]([2H])(O)c1ccccc1. The first-order valence-corrected chi connectivity index (χ1v) is 9.30. The minimum atomic E-state index is -2.79. The van der Waals surface area contributed by atoms with E-state index < -0.39 is 61.7 Å². The number of rotatable bonds is 9. The molecule has 2 aromatic carbocycles. The molecule has 4 N–H and O–H groups in total. The maximum Gasteiger partial charge on any atom is 0.230 e. The molecule has 0 radical (unpaired) electrons. The van der Waals surface area contributed by atoms with E-state index in [9.17, 15) is 9.90 Å². The van der Waals surface area contributed by atoms with Crippen LogP contribution in [-0.2, 0) is 17.6 Å². The minimum absolute atomic E-state index is 0.0690. The Morgan fingerprint density at radius 2 is 2.07 bits per heavy atom. The highest BCUT2D eigenvalue weighted by molar-refractivity contribution is 7.13. The molecule has 0 saturated carbocycles. The smallest absolute Gasteiger partial charge is 0.230 e. The van der Waals surface area contributed by atoms with Crippen molar-refractivity contribution in [2.45, 2.75) is 38.1 Å². The van der Waals surface area contributed by atoms with Gasteiger partial charge in [0.1, 0.15) is 0 Å². The summed E-state index contributed by atoms with van der Waals surface area (Å²) in [7, 11) is 0. The Balaban J connectivity index is 1.84. The number of carbonyl (C=O) groups is 1. The predicted molar refractivity (Wildman–Crippen MR) is 114 cm³/mol. The first-order chi connectivity index (χ1) is 17.1. The zero-order valence-corrected chi connectivity index (χ0v) is 15.7. The molecule has 146 valence electrons. The number of nitrogen functional groups attached to an aromatic ring is 1. The molecule has 5 nitrogen and oxygen atoms in total. The van der Waals surface area contributed by atoms with Crippen molar-refractivity contribution in [1.82, 2.24) is 4.98 Å². The average Bonchev–Trinajstić information content (AvgIpc) is 3.22. The predicted octanol–water partition coefficient (Wildman–Crippen LogP) is 4.35. The van der Waals surface area contributed by atoms with Crippen LogP contribution in [0.5, 0.6) is 0 Å². The largest absolute Gasteiger partial charge is 0.388 e. The molecule has 0 spiro atoms. The summed E-state index contributed by atoms with van der Waals surface area (Å²) in [4.78, 5) is 16.3. The summed E-state index contributed by atoms with van der Waals surface area (Å²) in [5.74, 6) is -0.641. The van der Waals surface area contributed by atoms with Gasteiger partial charge in [-0.05, 0) is 42.4 Å². The summed E-state index contributed by atoms with van der Waals surface area (Å²) in [5, 5.41) is 14.8. The van der Waals surface area contributed by atoms with Gasteiger partial charge in [0, 0.05) is 16.6 Å². The summed E-state index contributed by atoms with van der Waals surface area (Å²) >= 11 is 1.14. The summed E-state index contributed by atoms with van der Waals surface area (Å²) in [6.45, 7) is 0. The van der Waals surface area contributed by atoms with Crippen molar-refractivity contribution in [2.75, 3.05) is 11.1 Å². The molecule has 0 aliphatic heterocycles. The topological polar surface area (TPSA) is 88.2 Å². The quantitative estimate of drug-likeness (QED) is 0.495. The van der Waals surface area contributed by atoms with Crippen molar-refractivity contribution >= 4 is 28.1 Å². The van der Waals surface area contributed by atoms with Crippen molar-refractivity contribution in [3.8, 4) is 0 Å². The molecular weight excluding hydrogens is 370 g/mol. The Morgan fingerprint density at radius 1 is 1.32 bits per heavy atom. The van der Waals surface area contributed by atoms with E-state index in [1.807, 2.05) is 0 Å². The molecule has 3 aromatic rings. The lowest BCUT2D eigenvalue weighted by Gasteiger charge is -2.10. The van der Waals surface area contributed by atoms with Gasteiger partial charge in [-0.1, -0.05) is 48.8 Å². The minimum Gasteiger partial charge on any atom is -0.388 e. The van der Waals surface area contributed by atoms with Crippen molar-refractivity contribution in [2.24, 2.45) is 0 Å². The van der Waals surface area contributed by atoms with Gasteiger partial charge in [-0.25, -0.2) is 4.98 Å². The number of aliphatic hydroxyl groups is 1. The Morgan fingerprint density at radius 3 is 2.75 bits per heavy atom. The van der Waals surface area contributed by atoms with Crippen LogP contribution in [-0.4, -0.2) is 16.0 Å². The zero-order valence-electron chi connectivity index (χ0n) is 23.9. The van der Waals surface area contributed by atoms with Crippen LogP contribution >= 0.6 is 11.3 Å². The highest BCUT2D eigenvalue weighted by Gasteiger charge is 2.08. The number of anilines is 2. The highest BCUT2D eigenvalue weighted by Crippen LogP contribution is 2.20. The van der Waals surface area contributed by atoms with E-state index in [-0.39, 0.29) is 28.4 Å². The third-order valence-electron chi connectivity index (χ3n) is 3.58. The molecular formula is C22H25N3O2S. The van der Waals surface area contributed by atoms with E-state index in [0.717, 1.165) is 11.3 Å². The van der Waals surface area contributed by atoms with Gasteiger partial charge in [0.15, 0.2) is 5.13 Å². The molecule has 1 amide bonds. The Kier molecular flexibility index (Phi) is 4.05. The van der Waals surface area contributed by atoms with Gasteiger partial charge < -0.3 is 16.2 Å². The lowest BCUT2D eigenvalue weighted by atomic mass is 10.0. The van der Waals surface area contributed by atoms with Gasteiger partial charge >= 0.3 is 0 Å². The number of hydrogen-bond donors (Lipinski definition) is 3. The van der Waals surface area contributed by atoms with Crippen molar-refractivity contribution < 1.29 is 22.2 Å². The monoisotopic (exact) mass is 404 g/mol. The van der Waals surface area contributed by atoms with Crippen LogP contribution in [0.2, 0.25) is 0 Å². The van der Waals surface area contributed by atoms with Crippen LogP contribution in [0.3, 0.4) is 0 Å². The van der Waals surface area contributed by atoms with Gasteiger partial charge in [-0.3, -0.25) is 4.79 Å². The molecule has 1 atom stereocenters. The van der Waals surface area contributed by atoms with Crippen molar-refractivity contribution in [3.63, 3.8) is 0 Å². The number of benzene rings is 2. The number of hydrogen-bond acceptors (Lipinski definition) is 5. The lowest BCUT2D eigenvalue weighted by Crippen LogP contribution is -2.14. The van der Waals surface area contributed by atoms with Gasteiger partial charge in [-0.2, -0.15) is 0 Å². The van der Waals surface area contributed by atoms with Crippen LogP contribution in [0, 0.1) is 0 Å². The maximum absolute atomic E-state index is 12.4. The molecule has 1 aromatic heterocycles. The number of amides is 1. The molecule has 28 heavy (non-hydrogen) atoms. The first-order valence-electron chi connectivity index (χ1n) is 12.9. The van der Waals surface area contributed by atoms with E-state index in [2.05, 4.69) is 10.3 Å². The number of thiazole rings is 1. The van der Waals surface area contributed by atoms with E-state index in [1.54, 1.807) is 11.4 Å². The Hall–Kier alpha value is -2.70. The Labute approximate surface area is 181 Å². The molecule has 0 fully saturated rings. The summed E-state index contributed by atoms with van der Waals surface area (Å²) in [6.07, 6.45) is -9.92. The number of nitrogens with one attached hydrogen (secondary N) is 1. The third kappa shape index (κ3) is 6.18. The molecule has 1 heterocycles. The fourth-order valence-corrected chi connectivity index (χ4v) is 2.84. The van der Waals surface area contributed by atoms with Crippen LogP contribution in [0.25, 0.3) is 0 Å².